The Kier molecular flexibility index (Phi) is 4.79. The fourth-order valence-corrected chi connectivity index (χ4v) is 4.16. The molecule has 0 bridgehead atoms. The van der Waals surface area contributed by atoms with Crippen LogP contribution < -0.4 is 11.1 Å². The van der Waals surface area contributed by atoms with Gasteiger partial charge in [0.15, 0.2) is 5.82 Å². The number of benzene rings is 1. The topological polar surface area (TPSA) is 98.7 Å². The standard InChI is InChI=1S/C22H17FN6OS/c23-14-4-6-17(26-11-14)22(30)25-7-8-29-12-16-15-5-3-13(19-2-1-9-31-19)10-18(15)27-21(24)20(16)28-29/h1-6,9-12H,7-8H2,(H2,24,27)(H,25,30). The van der Waals surface area contributed by atoms with E-state index in [1.54, 1.807) is 16.0 Å². The van der Waals surface area contributed by atoms with Crippen molar-refractivity contribution in [2.75, 3.05) is 12.3 Å². The number of nitrogen functional groups attached to an aromatic ring is 1. The zero-order chi connectivity index (χ0) is 21.4. The van der Waals surface area contributed by atoms with Crippen molar-refractivity contribution in [3.8, 4) is 10.4 Å². The van der Waals surface area contributed by atoms with Crippen molar-refractivity contribution in [1.29, 1.82) is 0 Å². The minimum absolute atomic E-state index is 0.160. The van der Waals surface area contributed by atoms with E-state index in [9.17, 15) is 9.18 Å². The highest BCUT2D eigenvalue weighted by atomic mass is 32.1. The number of carbonyl (C=O) groups is 1. The number of rotatable bonds is 5. The molecule has 154 valence electrons. The van der Waals surface area contributed by atoms with Gasteiger partial charge in [-0.2, -0.15) is 5.10 Å². The number of thiophene rings is 1. The molecule has 4 aromatic heterocycles. The lowest BCUT2D eigenvalue weighted by molar-refractivity contribution is 0.0947. The van der Waals surface area contributed by atoms with Crippen LogP contribution in [-0.4, -0.2) is 32.2 Å². The molecule has 4 heterocycles. The molecule has 0 atom stereocenters. The summed E-state index contributed by atoms with van der Waals surface area (Å²) in [5.41, 5.74) is 8.87. The van der Waals surface area contributed by atoms with Gasteiger partial charge in [0, 0.05) is 28.4 Å². The number of nitrogens with zero attached hydrogens (tertiary/aromatic N) is 4. The fourth-order valence-electron chi connectivity index (χ4n) is 3.44. The smallest absolute Gasteiger partial charge is 0.269 e. The number of pyridine rings is 2. The van der Waals surface area contributed by atoms with Crippen molar-refractivity contribution in [1.82, 2.24) is 25.1 Å². The molecule has 3 N–H and O–H groups in total. The minimum Gasteiger partial charge on any atom is -0.382 e. The Bertz CT molecular complexity index is 1400. The van der Waals surface area contributed by atoms with Crippen LogP contribution in [0.3, 0.4) is 0 Å². The molecule has 1 amide bonds. The third-order valence-corrected chi connectivity index (χ3v) is 5.84. The highest BCUT2D eigenvalue weighted by Gasteiger charge is 2.13. The van der Waals surface area contributed by atoms with Gasteiger partial charge in [-0.05, 0) is 35.2 Å². The van der Waals surface area contributed by atoms with Crippen molar-refractivity contribution in [3.05, 3.63) is 71.7 Å². The van der Waals surface area contributed by atoms with Crippen LogP contribution in [0.1, 0.15) is 10.5 Å². The van der Waals surface area contributed by atoms with Gasteiger partial charge >= 0.3 is 0 Å². The molecule has 0 aliphatic rings. The maximum Gasteiger partial charge on any atom is 0.269 e. The Hall–Kier alpha value is -3.85. The summed E-state index contributed by atoms with van der Waals surface area (Å²) in [7, 11) is 0. The molecule has 0 aliphatic heterocycles. The summed E-state index contributed by atoms with van der Waals surface area (Å²) in [4.78, 5) is 21.6. The van der Waals surface area contributed by atoms with Crippen molar-refractivity contribution >= 4 is 44.9 Å². The molecule has 5 rings (SSSR count). The van der Waals surface area contributed by atoms with Crippen LogP contribution in [0.2, 0.25) is 0 Å². The number of carbonyl (C=O) groups excluding carboxylic acids is 1. The van der Waals surface area contributed by atoms with Gasteiger partial charge in [-0.3, -0.25) is 9.48 Å². The van der Waals surface area contributed by atoms with Crippen molar-refractivity contribution in [3.63, 3.8) is 0 Å². The number of halogens is 1. The van der Waals surface area contributed by atoms with E-state index < -0.39 is 5.82 Å². The molecule has 0 unspecified atom stereocenters. The van der Waals surface area contributed by atoms with Gasteiger partial charge in [-0.25, -0.2) is 14.4 Å². The zero-order valence-corrected chi connectivity index (χ0v) is 17.1. The summed E-state index contributed by atoms with van der Waals surface area (Å²) in [5.74, 6) is -0.491. The lowest BCUT2D eigenvalue weighted by Gasteiger charge is -2.04. The summed E-state index contributed by atoms with van der Waals surface area (Å²) >= 11 is 1.67. The van der Waals surface area contributed by atoms with Gasteiger partial charge < -0.3 is 11.1 Å². The van der Waals surface area contributed by atoms with E-state index >= 15 is 0 Å². The summed E-state index contributed by atoms with van der Waals surface area (Å²) in [6.07, 6.45) is 2.92. The van der Waals surface area contributed by atoms with Crippen LogP contribution in [0.4, 0.5) is 10.2 Å². The lowest BCUT2D eigenvalue weighted by Crippen LogP contribution is -2.28. The largest absolute Gasteiger partial charge is 0.382 e. The fraction of sp³-hybridized carbons (Fsp3) is 0.0909. The minimum atomic E-state index is -0.485. The van der Waals surface area contributed by atoms with E-state index in [0.717, 1.165) is 28.0 Å². The van der Waals surface area contributed by atoms with Gasteiger partial charge in [-0.1, -0.05) is 18.2 Å². The van der Waals surface area contributed by atoms with Crippen molar-refractivity contribution < 1.29 is 9.18 Å². The number of amides is 1. The molecular formula is C22H17FN6OS. The highest BCUT2D eigenvalue weighted by molar-refractivity contribution is 7.13. The molecule has 5 aromatic rings. The predicted octanol–water partition coefficient (Wildman–Crippen LogP) is 3.86. The summed E-state index contributed by atoms with van der Waals surface area (Å²) in [5, 5.41) is 11.2. The Morgan fingerprint density at radius 1 is 1.19 bits per heavy atom. The van der Waals surface area contributed by atoms with Gasteiger partial charge in [0.2, 0.25) is 0 Å². The first-order chi connectivity index (χ1) is 15.1. The number of hydrogen-bond acceptors (Lipinski definition) is 6. The van der Waals surface area contributed by atoms with Crippen LogP contribution in [0.15, 0.2) is 60.2 Å². The van der Waals surface area contributed by atoms with E-state index in [1.807, 2.05) is 29.8 Å². The first-order valence-electron chi connectivity index (χ1n) is 9.58. The van der Waals surface area contributed by atoms with Crippen LogP contribution in [0.25, 0.3) is 32.2 Å². The summed E-state index contributed by atoms with van der Waals surface area (Å²) in [6, 6.07) is 12.8. The van der Waals surface area contributed by atoms with Crippen molar-refractivity contribution in [2.24, 2.45) is 0 Å². The monoisotopic (exact) mass is 432 g/mol. The number of hydrogen-bond donors (Lipinski definition) is 2. The Labute approximate surface area is 180 Å². The number of aromatic nitrogens is 4. The first kappa shape index (κ1) is 19.1. The Morgan fingerprint density at radius 3 is 2.87 bits per heavy atom. The molecule has 9 heteroatoms. The lowest BCUT2D eigenvalue weighted by atomic mass is 10.1. The van der Waals surface area contributed by atoms with Crippen molar-refractivity contribution in [2.45, 2.75) is 6.54 Å². The molecule has 1 aromatic carbocycles. The molecule has 7 nitrogen and oxygen atoms in total. The van der Waals surface area contributed by atoms with Gasteiger partial charge in [-0.15, -0.1) is 11.3 Å². The molecule has 0 fully saturated rings. The second-order valence-corrected chi connectivity index (χ2v) is 7.93. The molecule has 31 heavy (non-hydrogen) atoms. The first-order valence-corrected chi connectivity index (χ1v) is 10.5. The highest BCUT2D eigenvalue weighted by Crippen LogP contribution is 2.32. The maximum atomic E-state index is 12.9. The van der Waals surface area contributed by atoms with Gasteiger partial charge in [0.1, 0.15) is 17.0 Å². The quantitative estimate of drug-likeness (QED) is 0.439. The molecule has 0 radical (unpaired) electrons. The molecule has 0 aliphatic carbocycles. The average Bonchev–Trinajstić information content (AvgIpc) is 3.44. The van der Waals surface area contributed by atoms with E-state index in [2.05, 4.69) is 32.5 Å². The number of nitrogens with two attached hydrogens (primary N) is 1. The Morgan fingerprint density at radius 2 is 2.10 bits per heavy atom. The number of nitrogens with one attached hydrogen (secondary N) is 1. The van der Waals surface area contributed by atoms with E-state index in [1.165, 1.54) is 17.0 Å². The van der Waals surface area contributed by atoms with Crippen LogP contribution in [0.5, 0.6) is 0 Å². The molecular weight excluding hydrogens is 415 g/mol. The van der Waals surface area contributed by atoms with Gasteiger partial charge in [0.05, 0.1) is 18.3 Å². The zero-order valence-electron chi connectivity index (χ0n) is 16.2. The van der Waals surface area contributed by atoms with E-state index in [4.69, 9.17) is 5.73 Å². The Balaban J connectivity index is 1.37. The molecule has 0 saturated heterocycles. The average molecular weight is 432 g/mol. The third kappa shape index (κ3) is 3.71. The van der Waals surface area contributed by atoms with Crippen LogP contribution >= 0.6 is 11.3 Å². The SMILES string of the molecule is Nc1nc2cc(-c3cccs3)ccc2c2cn(CCNC(=O)c3ccc(F)cn3)nc12. The van der Waals surface area contributed by atoms with Gasteiger partial charge in [0.25, 0.3) is 5.91 Å². The second kappa shape index (κ2) is 7.77. The normalized spacial score (nSPS) is 11.3. The molecule has 0 spiro atoms. The maximum absolute atomic E-state index is 12.9. The summed E-state index contributed by atoms with van der Waals surface area (Å²) in [6.45, 7) is 0.773. The predicted molar refractivity (Wildman–Crippen MR) is 119 cm³/mol. The number of fused-ring (bicyclic) bond motifs is 3. The third-order valence-electron chi connectivity index (χ3n) is 4.93. The van der Waals surface area contributed by atoms with Crippen LogP contribution in [0, 0.1) is 5.82 Å². The van der Waals surface area contributed by atoms with E-state index in [-0.39, 0.29) is 11.6 Å². The van der Waals surface area contributed by atoms with E-state index in [0.29, 0.717) is 24.4 Å². The molecule has 0 saturated carbocycles. The van der Waals surface area contributed by atoms with Crippen LogP contribution in [-0.2, 0) is 6.54 Å². The summed E-state index contributed by atoms with van der Waals surface area (Å²) < 4.78 is 14.7. The number of anilines is 1. The second-order valence-electron chi connectivity index (χ2n) is 6.98.